The maximum atomic E-state index is 12.3. The third-order valence-electron chi connectivity index (χ3n) is 4.51. The van der Waals surface area contributed by atoms with E-state index in [1.165, 1.54) is 0 Å². The van der Waals surface area contributed by atoms with Gasteiger partial charge < -0.3 is 10.8 Å². The predicted octanol–water partition coefficient (Wildman–Crippen LogP) is 0.414. The molecule has 1 atom stereocenters. The molecule has 116 valence electrons. The van der Waals surface area contributed by atoms with Gasteiger partial charge in [-0.05, 0) is 24.7 Å². The third-order valence-corrected chi connectivity index (χ3v) is 4.51. The lowest BCUT2D eigenvalue weighted by Crippen LogP contribution is -2.54. The molecule has 1 aliphatic heterocycles. The SMILES string of the molecule is NC(=O)CCC(C(=O)O)N1C(=O)CC2(CCCC2)CC1=O. The number of carboxylic acid groups (broad SMARTS) is 1. The van der Waals surface area contributed by atoms with Crippen molar-refractivity contribution >= 4 is 23.7 Å². The van der Waals surface area contributed by atoms with Crippen LogP contribution in [0.15, 0.2) is 0 Å². The number of hydrogen-bond acceptors (Lipinski definition) is 4. The van der Waals surface area contributed by atoms with Gasteiger partial charge in [0.1, 0.15) is 6.04 Å². The number of imide groups is 1. The summed E-state index contributed by atoms with van der Waals surface area (Å²) >= 11 is 0. The summed E-state index contributed by atoms with van der Waals surface area (Å²) in [6, 6.07) is -1.30. The lowest BCUT2D eigenvalue weighted by Gasteiger charge is -2.39. The van der Waals surface area contributed by atoms with E-state index >= 15 is 0 Å². The summed E-state index contributed by atoms with van der Waals surface area (Å²) in [4.78, 5) is 47.5. The van der Waals surface area contributed by atoms with Gasteiger partial charge in [0.25, 0.3) is 0 Å². The summed E-state index contributed by atoms with van der Waals surface area (Å²) in [5, 5.41) is 9.23. The normalized spacial score (nSPS) is 22.6. The van der Waals surface area contributed by atoms with Gasteiger partial charge in [-0.25, -0.2) is 4.79 Å². The number of hydrogen-bond donors (Lipinski definition) is 2. The van der Waals surface area contributed by atoms with E-state index in [-0.39, 0.29) is 31.1 Å². The smallest absolute Gasteiger partial charge is 0.326 e. The third kappa shape index (κ3) is 3.22. The Morgan fingerprint density at radius 1 is 1.19 bits per heavy atom. The second kappa shape index (κ2) is 5.83. The van der Waals surface area contributed by atoms with Gasteiger partial charge in [-0.2, -0.15) is 0 Å². The lowest BCUT2D eigenvalue weighted by molar-refractivity contribution is -0.164. The number of primary amides is 1. The molecule has 3 N–H and O–H groups in total. The number of aliphatic carboxylic acids is 1. The molecule has 0 aromatic rings. The largest absolute Gasteiger partial charge is 0.480 e. The highest BCUT2D eigenvalue weighted by Gasteiger charge is 2.48. The van der Waals surface area contributed by atoms with Crippen LogP contribution in [-0.4, -0.2) is 39.7 Å². The number of likely N-dealkylation sites (tertiary alicyclic amines) is 1. The van der Waals surface area contributed by atoms with Crippen LogP contribution in [0.5, 0.6) is 0 Å². The van der Waals surface area contributed by atoms with Gasteiger partial charge in [-0.1, -0.05) is 12.8 Å². The van der Waals surface area contributed by atoms with Crippen LogP contribution in [0.25, 0.3) is 0 Å². The first-order chi connectivity index (χ1) is 9.84. The molecule has 0 bridgehead atoms. The first-order valence-electron chi connectivity index (χ1n) is 7.21. The molecular formula is C14H20N2O5. The zero-order chi connectivity index (χ0) is 15.6. The molecule has 1 saturated carbocycles. The number of nitrogens with zero attached hydrogens (tertiary/aromatic N) is 1. The first kappa shape index (κ1) is 15.5. The van der Waals surface area contributed by atoms with Crippen LogP contribution < -0.4 is 5.73 Å². The summed E-state index contributed by atoms with van der Waals surface area (Å²) in [5.74, 6) is -2.80. The molecule has 1 unspecified atom stereocenters. The number of carbonyl (C=O) groups is 4. The Morgan fingerprint density at radius 2 is 1.71 bits per heavy atom. The monoisotopic (exact) mass is 296 g/mol. The Hall–Kier alpha value is -1.92. The van der Waals surface area contributed by atoms with Crippen LogP contribution in [0, 0.1) is 5.41 Å². The molecule has 7 heteroatoms. The van der Waals surface area contributed by atoms with Crippen LogP contribution in [-0.2, 0) is 19.2 Å². The minimum atomic E-state index is -1.30. The molecule has 1 aliphatic carbocycles. The van der Waals surface area contributed by atoms with Crippen molar-refractivity contribution in [1.29, 1.82) is 0 Å². The number of amides is 3. The summed E-state index contributed by atoms with van der Waals surface area (Å²) in [6.07, 6.45) is 3.84. The van der Waals surface area contributed by atoms with Gasteiger partial charge >= 0.3 is 5.97 Å². The summed E-state index contributed by atoms with van der Waals surface area (Å²) < 4.78 is 0. The molecule has 3 amide bonds. The fourth-order valence-corrected chi connectivity index (χ4v) is 3.48. The molecule has 2 rings (SSSR count). The predicted molar refractivity (Wildman–Crippen MR) is 71.8 cm³/mol. The summed E-state index contributed by atoms with van der Waals surface area (Å²) in [7, 11) is 0. The van der Waals surface area contributed by atoms with E-state index in [4.69, 9.17) is 5.73 Å². The molecule has 0 radical (unpaired) electrons. The van der Waals surface area contributed by atoms with E-state index in [9.17, 15) is 24.3 Å². The van der Waals surface area contributed by atoms with E-state index in [1.807, 2.05) is 0 Å². The van der Waals surface area contributed by atoms with Crippen LogP contribution >= 0.6 is 0 Å². The molecule has 21 heavy (non-hydrogen) atoms. The maximum absolute atomic E-state index is 12.3. The van der Waals surface area contributed by atoms with Crippen LogP contribution in [0.4, 0.5) is 0 Å². The molecule has 0 aromatic heterocycles. The highest BCUT2D eigenvalue weighted by molar-refractivity contribution is 6.02. The van der Waals surface area contributed by atoms with Crippen LogP contribution in [0.3, 0.4) is 0 Å². The molecule has 1 spiro atoms. The standard InChI is InChI=1S/C14H20N2O5/c15-10(17)4-3-9(13(20)21)16-11(18)7-14(8-12(16)19)5-1-2-6-14/h9H,1-8H2,(H2,15,17)(H,20,21). The van der Waals surface area contributed by atoms with Gasteiger partial charge in [0.05, 0.1) is 0 Å². The van der Waals surface area contributed by atoms with Crippen molar-refractivity contribution < 1.29 is 24.3 Å². The average Bonchev–Trinajstić information content (AvgIpc) is 2.79. The molecule has 1 saturated heterocycles. The molecule has 0 aromatic carbocycles. The van der Waals surface area contributed by atoms with Gasteiger partial charge in [-0.3, -0.25) is 19.3 Å². The zero-order valence-electron chi connectivity index (χ0n) is 11.8. The average molecular weight is 296 g/mol. The molecule has 2 aliphatic rings. The van der Waals surface area contributed by atoms with Crippen molar-refractivity contribution in [3.63, 3.8) is 0 Å². The van der Waals surface area contributed by atoms with Gasteiger partial charge in [0.15, 0.2) is 0 Å². The van der Waals surface area contributed by atoms with Crippen molar-refractivity contribution in [2.24, 2.45) is 11.1 Å². The second-order valence-electron chi connectivity index (χ2n) is 6.08. The Labute approximate surface area is 122 Å². The van der Waals surface area contributed by atoms with Gasteiger partial charge in [0.2, 0.25) is 17.7 Å². The van der Waals surface area contributed by atoms with E-state index in [0.717, 1.165) is 30.6 Å². The number of piperidine rings is 1. The maximum Gasteiger partial charge on any atom is 0.326 e. The van der Waals surface area contributed by atoms with Gasteiger partial charge in [0, 0.05) is 19.3 Å². The highest BCUT2D eigenvalue weighted by Crippen LogP contribution is 2.47. The van der Waals surface area contributed by atoms with Crippen molar-refractivity contribution in [2.75, 3.05) is 0 Å². The summed E-state index contributed by atoms with van der Waals surface area (Å²) in [6.45, 7) is 0. The highest BCUT2D eigenvalue weighted by atomic mass is 16.4. The van der Waals surface area contributed by atoms with Crippen molar-refractivity contribution in [1.82, 2.24) is 4.90 Å². The Kier molecular flexibility index (Phi) is 4.29. The minimum absolute atomic E-state index is 0.130. The Morgan fingerprint density at radius 3 is 2.14 bits per heavy atom. The first-order valence-corrected chi connectivity index (χ1v) is 7.21. The van der Waals surface area contributed by atoms with Gasteiger partial charge in [-0.15, -0.1) is 0 Å². The van der Waals surface area contributed by atoms with E-state index in [2.05, 4.69) is 0 Å². The van der Waals surface area contributed by atoms with Crippen LogP contribution in [0.2, 0.25) is 0 Å². The number of rotatable bonds is 5. The van der Waals surface area contributed by atoms with Crippen molar-refractivity contribution in [2.45, 2.75) is 57.4 Å². The van der Waals surface area contributed by atoms with Crippen molar-refractivity contribution in [3.8, 4) is 0 Å². The minimum Gasteiger partial charge on any atom is -0.480 e. The second-order valence-corrected chi connectivity index (χ2v) is 6.08. The van der Waals surface area contributed by atoms with E-state index in [1.54, 1.807) is 0 Å². The number of carbonyl (C=O) groups excluding carboxylic acids is 3. The van der Waals surface area contributed by atoms with E-state index < -0.39 is 29.7 Å². The molecule has 1 heterocycles. The Balaban J connectivity index is 2.14. The molecule has 2 fully saturated rings. The number of carboxylic acids is 1. The molecular weight excluding hydrogens is 276 g/mol. The fraction of sp³-hybridized carbons (Fsp3) is 0.714. The quantitative estimate of drug-likeness (QED) is 0.713. The zero-order valence-corrected chi connectivity index (χ0v) is 11.8. The topological polar surface area (TPSA) is 118 Å². The number of nitrogens with two attached hydrogens (primary N) is 1. The van der Waals surface area contributed by atoms with Crippen molar-refractivity contribution in [3.05, 3.63) is 0 Å². The fourth-order valence-electron chi connectivity index (χ4n) is 3.48. The summed E-state index contributed by atoms with van der Waals surface area (Å²) in [5.41, 5.74) is 4.75. The van der Waals surface area contributed by atoms with Crippen LogP contribution in [0.1, 0.15) is 51.4 Å². The Bertz CT molecular complexity index is 462. The van der Waals surface area contributed by atoms with E-state index in [0.29, 0.717) is 0 Å². The lowest BCUT2D eigenvalue weighted by atomic mass is 9.76. The molecule has 7 nitrogen and oxygen atoms in total.